The monoisotopic (exact) mass is 489 g/mol. The summed E-state index contributed by atoms with van der Waals surface area (Å²) in [6.07, 6.45) is 2.16. The molecule has 1 aromatic heterocycles. The molecular formula is C28H35N5O3. The standard InChI is InChI=1S/C28H35N5O3/c34-14-11-30-7-9-31(10-8-30)18-22-1-3-23(4-2-22)24-5-6-26-27(17-24)36-21-28-29-25(20-33(26)28)19-32-12-15-35-16-13-32/h1-6,17,20,34H,7-16,18-19,21H2. The van der Waals surface area contributed by atoms with Crippen molar-refractivity contribution in [3.8, 4) is 22.6 Å². The summed E-state index contributed by atoms with van der Waals surface area (Å²) in [5.41, 5.74) is 5.83. The van der Waals surface area contributed by atoms with Gasteiger partial charge in [0.05, 0.1) is 31.2 Å². The normalized spacial score (nSPS) is 19.0. The van der Waals surface area contributed by atoms with Gasteiger partial charge in [0.25, 0.3) is 0 Å². The van der Waals surface area contributed by atoms with Gasteiger partial charge in [0.1, 0.15) is 12.4 Å². The van der Waals surface area contributed by atoms with E-state index in [1.165, 1.54) is 11.1 Å². The number of fused-ring (bicyclic) bond motifs is 3. The molecule has 0 radical (unpaired) electrons. The minimum atomic E-state index is 0.245. The maximum atomic E-state index is 9.13. The Hall–Kier alpha value is -2.75. The van der Waals surface area contributed by atoms with Crippen molar-refractivity contribution in [2.75, 3.05) is 65.6 Å². The fourth-order valence-corrected chi connectivity index (χ4v) is 5.37. The predicted octanol–water partition coefficient (Wildman–Crippen LogP) is 2.37. The third-order valence-electron chi connectivity index (χ3n) is 7.47. The Morgan fingerprint density at radius 2 is 1.53 bits per heavy atom. The number of hydrogen-bond acceptors (Lipinski definition) is 7. The molecule has 3 aliphatic rings. The van der Waals surface area contributed by atoms with Crippen molar-refractivity contribution >= 4 is 0 Å². The van der Waals surface area contributed by atoms with E-state index in [1.54, 1.807) is 0 Å². The molecule has 2 saturated heterocycles. The topological polar surface area (TPSA) is 66.2 Å². The average molecular weight is 490 g/mol. The van der Waals surface area contributed by atoms with Crippen LogP contribution in [0, 0.1) is 0 Å². The van der Waals surface area contributed by atoms with Gasteiger partial charge in [-0.2, -0.15) is 0 Å². The van der Waals surface area contributed by atoms with Crippen molar-refractivity contribution in [2.24, 2.45) is 0 Å². The largest absolute Gasteiger partial charge is 0.483 e. The first-order valence-corrected chi connectivity index (χ1v) is 13.0. The summed E-state index contributed by atoms with van der Waals surface area (Å²) in [6, 6.07) is 15.4. The zero-order valence-corrected chi connectivity index (χ0v) is 20.8. The minimum Gasteiger partial charge on any atom is -0.483 e. The van der Waals surface area contributed by atoms with Crippen LogP contribution in [0.5, 0.6) is 5.75 Å². The molecule has 2 fully saturated rings. The third-order valence-corrected chi connectivity index (χ3v) is 7.47. The average Bonchev–Trinajstić information content (AvgIpc) is 3.33. The summed E-state index contributed by atoms with van der Waals surface area (Å²) in [5, 5.41) is 9.13. The second-order valence-corrected chi connectivity index (χ2v) is 9.92. The smallest absolute Gasteiger partial charge is 0.151 e. The minimum absolute atomic E-state index is 0.245. The molecule has 36 heavy (non-hydrogen) atoms. The molecule has 4 heterocycles. The molecule has 0 saturated carbocycles. The summed E-state index contributed by atoms with van der Waals surface area (Å²) >= 11 is 0. The van der Waals surface area contributed by atoms with Crippen molar-refractivity contribution < 1.29 is 14.6 Å². The van der Waals surface area contributed by atoms with Crippen LogP contribution in [0.25, 0.3) is 16.8 Å². The van der Waals surface area contributed by atoms with Crippen LogP contribution < -0.4 is 4.74 Å². The molecule has 0 atom stereocenters. The highest BCUT2D eigenvalue weighted by molar-refractivity contribution is 5.69. The Morgan fingerprint density at radius 1 is 0.806 bits per heavy atom. The van der Waals surface area contributed by atoms with Gasteiger partial charge in [-0.25, -0.2) is 4.98 Å². The van der Waals surface area contributed by atoms with Crippen LogP contribution >= 0.6 is 0 Å². The molecule has 3 aliphatic heterocycles. The Labute approximate surface area is 212 Å². The summed E-state index contributed by atoms with van der Waals surface area (Å²) in [4.78, 5) is 12.0. The number of piperazine rings is 1. The Bertz CT molecular complexity index is 1160. The first-order chi connectivity index (χ1) is 17.7. The van der Waals surface area contributed by atoms with Crippen molar-refractivity contribution in [1.82, 2.24) is 24.3 Å². The Kier molecular flexibility index (Phi) is 7.03. The van der Waals surface area contributed by atoms with Crippen LogP contribution in [-0.2, 0) is 24.4 Å². The molecule has 8 heteroatoms. The number of aliphatic hydroxyl groups excluding tert-OH is 1. The number of benzene rings is 2. The molecule has 0 amide bonds. The zero-order valence-electron chi connectivity index (χ0n) is 20.8. The van der Waals surface area contributed by atoms with E-state index in [-0.39, 0.29) is 6.61 Å². The molecule has 1 N–H and O–H groups in total. The highest BCUT2D eigenvalue weighted by Crippen LogP contribution is 2.34. The summed E-state index contributed by atoms with van der Waals surface area (Å²) in [6.45, 7) is 11.0. The van der Waals surface area contributed by atoms with Crippen LogP contribution in [0.4, 0.5) is 0 Å². The van der Waals surface area contributed by atoms with Gasteiger partial charge in [-0.3, -0.25) is 19.3 Å². The maximum absolute atomic E-state index is 9.13. The Balaban J connectivity index is 1.12. The van der Waals surface area contributed by atoms with Gasteiger partial charge in [0, 0.05) is 65.1 Å². The molecule has 6 rings (SSSR count). The molecule has 3 aromatic rings. The number of β-amino-alcohol motifs (C(OH)–C–C–N with tert-alkyl or cyclic N) is 1. The van der Waals surface area contributed by atoms with E-state index in [4.69, 9.17) is 19.6 Å². The number of aromatic nitrogens is 2. The van der Waals surface area contributed by atoms with E-state index >= 15 is 0 Å². The number of morpholine rings is 1. The van der Waals surface area contributed by atoms with Crippen LogP contribution in [0.3, 0.4) is 0 Å². The number of imidazole rings is 1. The zero-order chi connectivity index (χ0) is 24.3. The fraction of sp³-hybridized carbons (Fsp3) is 0.464. The van der Waals surface area contributed by atoms with Gasteiger partial charge >= 0.3 is 0 Å². The fourth-order valence-electron chi connectivity index (χ4n) is 5.37. The first-order valence-electron chi connectivity index (χ1n) is 13.0. The number of aliphatic hydroxyl groups is 1. The van der Waals surface area contributed by atoms with E-state index < -0.39 is 0 Å². The van der Waals surface area contributed by atoms with Crippen LogP contribution in [0.1, 0.15) is 17.1 Å². The molecule has 0 aliphatic carbocycles. The van der Waals surface area contributed by atoms with Crippen LogP contribution in [0.15, 0.2) is 48.7 Å². The highest BCUT2D eigenvalue weighted by atomic mass is 16.5. The lowest BCUT2D eigenvalue weighted by Crippen LogP contribution is -2.46. The SMILES string of the molecule is OCCN1CCN(Cc2ccc(-c3ccc4c(c3)OCc3nc(CN5CCOCC5)cn3-4)cc2)CC1. The second kappa shape index (κ2) is 10.7. The molecular weight excluding hydrogens is 454 g/mol. The first kappa shape index (κ1) is 23.6. The summed E-state index contributed by atoms with van der Waals surface area (Å²) in [5.74, 6) is 1.86. The van der Waals surface area contributed by atoms with Crippen molar-refractivity contribution in [3.63, 3.8) is 0 Å². The quantitative estimate of drug-likeness (QED) is 0.547. The number of rotatable bonds is 7. The second-order valence-electron chi connectivity index (χ2n) is 9.92. The number of ether oxygens (including phenoxy) is 2. The van der Waals surface area contributed by atoms with Crippen LogP contribution in [0.2, 0.25) is 0 Å². The van der Waals surface area contributed by atoms with Gasteiger partial charge in [-0.15, -0.1) is 0 Å². The third kappa shape index (κ3) is 5.19. The van der Waals surface area contributed by atoms with E-state index in [2.05, 4.69) is 67.9 Å². The molecule has 8 nitrogen and oxygen atoms in total. The number of hydrogen-bond donors (Lipinski definition) is 1. The van der Waals surface area contributed by atoms with Crippen molar-refractivity contribution in [1.29, 1.82) is 0 Å². The Morgan fingerprint density at radius 3 is 2.31 bits per heavy atom. The highest BCUT2D eigenvalue weighted by Gasteiger charge is 2.22. The van der Waals surface area contributed by atoms with Gasteiger partial charge in [0.15, 0.2) is 5.82 Å². The lowest BCUT2D eigenvalue weighted by atomic mass is 10.0. The number of nitrogens with zero attached hydrogens (tertiary/aromatic N) is 5. The van der Waals surface area contributed by atoms with E-state index in [1.807, 2.05) is 0 Å². The molecule has 190 valence electrons. The van der Waals surface area contributed by atoms with Gasteiger partial charge < -0.3 is 14.6 Å². The van der Waals surface area contributed by atoms with E-state index in [9.17, 15) is 0 Å². The lowest BCUT2D eigenvalue weighted by molar-refractivity contribution is 0.0337. The summed E-state index contributed by atoms with van der Waals surface area (Å²) < 4.78 is 13.8. The van der Waals surface area contributed by atoms with Crippen molar-refractivity contribution in [3.05, 3.63) is 65.7 Å². The van der Waals surface area contributed by atoms with Crippen LogP contribution in [-0.4, -0.2) is 95.0 Å². The maximum Gasteiger partial charge on any atom is 0.151 e. The molecule has 0 unspecified atom stereocenters. The molecule has 0 spiro atoms. The van der Waals surface area contributed by atoms with Gasteiger partial charge in [-0.05, 0) is 28.8 Å². The lowest BCUT2D eigenvalue weighted by Gasteiger charge is -2.34. The van der Waals surface area contributed by atoms with Gasteiger partial charge in [-0.1, -0.05) is 30.3 Å². The molecule has 0 bridgehead atoms. The summed E-state index contributed by atoms with van der Waals surface area (Å²) in [7, 11) is 0. The van der Waals surface area contributed by atoms with E-state index in [0.717, 1.165) is 101 Å². The van der Waals surface area contributed by atoms with E-state index in [0.29, 0.717) is 6.61 Å². The van der Waals surface area contributed by atoms with Crippen molar-refractivity contribution in [2.45, 2.75) is 19.7 Å². The van der Waals surface area contributed by atoms with Gasteiger partial charge in [0.2, 0.25) is 0 Å². The predicted molar refractivity (Wildman–Crippen MR) is 138 cm³/mol. The molecule has 2 aromatic carbocycles.